The van der Waals surface area contributed by atoms with E-state index in [-0.39, 0.29) is 18.1 Å². The van der Waals surface area contributed by atoms with E-state index in [4.69, 9.17) is 16.3 Å². The van der Waals surface area contributed by atoms with E-state index >= 15 is 0 Å². The average molecular weight is 327 g/mol. The lowest BCUT2D eigenvalue weighted by atomic mass is 10.1. The zero-order chi connectivity index (χ0) is 16.1. The minimum atomic E-state index is -0.286. The first-order chi connectivity index (χ1) is 10.5. The van der Waals surface area contributed by atoms with E-state index in [1.165, 1.54) is 0 Å². The average Bonchev–Trinajstić information content (AvgIpc) is 2.90. The fraction of sp³-hybridized carbons (Fsp3) is 0.562. The molecule has 6 heteroatoms. The molecule has 2 N–H and O–H groups in total. The molecule has 0 bridgehead atoms. The number of nitrogens with zero attached hydrogens (tertiary/aromatic N) is 1. The molecule has 1 fully saturated rings. The molecule has 0 saturated heterocycles. The summed E-state index contributed by atoms with van der Waals surface area (Å²) in [6.45, 7) is 0.946. The summed E-state index contributed by atoms with van der Waals surface area (Å²) in [5.74, 6) is 0.836. The van der Waals surface area contributed by atoms with Gasteiger partial charge in [0.15, 0.2) is 0 Å². The summed E-state index contributed by atoms with van der Waals surface area (Å²) in [5.41, 5.74) is 0.870. The topological polar surface area (TPSA) is 61.8 Å². The van der Waals surface area contributed by atoms with Crippen LogP contribution in [0.5, 0.6) is 5.75 Å². The van der Waals surface area contributed by atoms with E-state index < -0.39 is 0 Å². The predicted octanol–water partition coefficient (Wildman–Crippen LogP) is 2.65. The number of carbonyl (C=O) groups excluding carboxylic acids is 1. The first-order valence-electron chi connectivity index (χ1n) is 7.50. The largest absolute Gasteiger partial charge is 0.496 e. The number of amides is 2. The molecule has 0 radical (unpaired) electrons. The van der Waals surface area contributed by atoms with E-state index in [2.05, 4.69) is 5.32 Å². The van der Waals surface area contributed by atoms with Gasteiger partial charge in [0.2, 0.25) is 0 Å². The number of rotatable bonds is 5. The molecule has 1 aliphatic rings. The van der Waals surface area contributed by atoms with Crippen LogP contribution in [-0.2, 0) is 6.54 Å². The molecule has 0 heterocycles. The Morgan fingerprint density at radius 3 is 2.91 bits per heavy atom. The van der Waals surface area contributed by atoms with E-state index in [0.29, 0.717) is 23.9 Å². The van der Waals surface area contributed by atoms with Crippen LogP contribution in [0.3, 0.4) is 0 Å². The van der Waals surface area contributed by atoms with Crippen LogP contribution in [0, 0.1) is 5.92 Å². The van der Waals surface area contributed by atoms with Gasteiger partial charge in [-0.1, -0.05) is 24.1 Å². The molecule has 0 aliphatic heterocycles. The molecule has 0 aromatic heterocycles. The maximum absolute atomic E-state index is 12.1. The fourth-order valence-electron chi connectivity index (χ4n) is 2.84. The number of carbonyl (C=O) groups is 1. The highest BCUT2D eigenvalue weighted by Gasteiger charge is 2.27. The van der Waals surface area contributed by atoms with Crippen LogP contribution >= 0.6 is 11.6 Å². The Kier molecular flexibility index (Phi) is 5.91. The van der Waals surface area contributed by atoms with Gasteiger partial charge in [-0.2, -0.15) is 0 Å². The van der Waals surface area contributed by atoms with Crippen LogP contribution in [-0.4, -0.2) is 42.8 Å². The van der Waals surface area contributed by atoms with Gasteiger partial charge in [0, 0.05) is 36.6 Å². The monoisotopic (exact) mass is 326 g/mol. The first-order valence-corrected chi connectivity index (χ1v) is 7.88. The Balaban J connectivity index is 1.86. The lowest BCUT2D eigenvalue weighted by molar-refractivity contribution is 0.114. The predicted molar refractivity (Wildman–Crippen MR) is 86.2 cm³/mol. The maximum atomic E-state index is 12.1. The van der Waals surface area contributed by atoms with Gasteiger partial charge in [-0.15, -0.1) is 0 Å². The highest BCUT2D eigenvalue weighted by Crippen LogP contribution is 2.26. The number of hydrogen-bond donors (Lipinski definition) is 2. The van der Waals surface area contributed by atoms with Crippen molar-refractivity contribution in [3.63, 3.8) is 0 Å². The highest BCUT2D eigenvalue weighted by molar-refractivity contribution is 6.30. The second-order valence-corrected chi connectivity index (χ2v) is 6.19. The third kappa shape index (κ3) is 4.27. The van der Waals surface area contributed by atoms with Gasteiger partial charge in [-0.05, 0) is 25.0 Å². The molecular formula is C16H23ClN2O3. The smallest absolute Gasteiger partial charge is 0.317 e. The lowest BCUT2D eigenvalue weighted by Crippen LogP contribution is -2.40. The van der Waals surface area contributed by atoms with Gasteiger partial charge in [-0.3, -0.25) is 0 Å². The second-order valence-electron chi connectivity index (χ2n) is 5.75. The van der Waals surface area contributed by atoms with Crippen LogP contribution in [0.25, 0.3) is 0 Å². The maximum Gasteiger partial charge on any atom is 0.317 e. The molecule has 0 spiro atoms. The molecule has 5 nitrogen and oxygen atoms in total. The first kappa shape index (κ1) is 16.9. The molecule has 2 amide bonds. The molecule has 1 aromatic rings. The van der Waals surface area contributed by atoms with Crippen molar-refractivity contribution >= 4 is 17.6 Å². The van der Waals surface area contributed by atoms with Gasteiger partial charge in [-0.25, -0.2) is 4.79 Å². The Morgan fingerprint density at radius 2 is 2.27 bits per heavy atom. The summed E-state index contributed by atoms with van der Waals surface area (Å²) in [6.07, 6.45) is 2.56. The van der Waals surface area contributed by atoms with Crippen molar-refractivity contribution in [2.75, 3.05) is 20.7 Å². The van der Waals surface area contributed by atoms with E-state index in [9.17, 15) is 9.90 Å². The van der Waals surface area contributed by atoms with Gasteiger partial charge in [0.1, 0.15) is 5.75 Å². The Labute approximate surface area is 136 Å². The van der Waals surface area contributed by atoms with Crippen molar-refractivity contribution in [1.29, 1.82) is 0 Å². The van der Waals surface area contributed by atoms with Crippen molar-refractivity contribution < 1.29 is 14.6 Å². The van der Waals surface area contributed by atoms with Crippen LogP contribution in [0.2, 0.25) is 5.02 Å². The molecule has 2 atom stereocenters. The lowest BCUT2D eigenvalue weighted by Gasteiger charge is -2.23. The molecule has 2 unspecified atom stereocenters. The molecule has 1 aromatic carbocycles. The molecule has 22 heavy (non-hydrogen) atoms. The number of methoxy groups -OCH3 is 1. The van der Waals surface area contributed by atoms with Crippen LogP contribution in [0.1, 0.15) is 24.8 Å². The molecule has 2 rings (SSSR count). The number of halogens is 1. The van der Waals surface area contributed by atoms with E-state index in [0.717, 1.165) is 24.8 Å². The van der Waals surface area contributed by atoms with Crippen molar-refractivity contribution in [2.45, 2.75) is 31.9 Å². The molecular weight excluding hydrogens is 304 g/mol. The molecule has 1 saturated carbocycles. The van der Waals surface area contributed by atoms with Gasteiger partial charge in [0.05, 0.1) is 13.2 Å². The van der Waals surface area contributed by atoms with Gasteiger partial charge >= 0.3 is 6.03 Å². The number of urea groups is 1. The van der Waals surface area contributed by atoms with Crippen molar-refractivity contribution in [3.05, 3.63) is 28.8 Å². The zero-order valence-corrected chi connectivity index (χ0v) is 13.8. The fourth-order valence-corrected chi connectivity index (χ4v) is 3.00. The SMILES string of the molecule is COc1cc(Cl)ccc1CNC(=O)N(C)CC1CCCC1O. The summed E-state index contributed by atoms with van der Waals surface area (Å²) in [7, 11) is 3.32. The van der Waals surface area contributed by atoms with Crippen LogP contribution in [0.4, 0.5) is 4.79 Å². The Bertz CT molecular complexity index is 524. The third-order valence-electron chi connectivity index (χ3n) is 4.15. The molecule has 122 valence electrons. The molecule has 1 aliphatic carbocycles. The summed E-state index contributed by atoms with van der Waals surface area (Å²) in [4.78, 5) is 13.8. The number of ether oxygens (including phenoxy) is 1. The summed E-state index contributed by atoms with van der Waals surface area (Å²) in [5, 5.41) is 13.3. The van der Waals surface area contributed by atoms with Crippen molar-refractivity contribution in [2.24, 2.45) is 5.92 Å². The normalized spacial score (nSPS) is 20.7. The third-order valence-corrected chi connectivity index (χ3v) is 4.39. The summed E-state index contributed by atoms with van der Waals surface area (Å²) < 4.78 is 5.26. The van der Waals surface area contributed by atoms with Crippen LogP contribution in [0.15, 0.2) is 18.2 Å². The Morgan fingerprint density at radius 1 is 1.50 bits per heavy atom. The van der Waals surface area contributed by atoms with Crippen LogP contribution < -0.4 is 10.1 Å². The highest BCUT2D eigenvalue weighted by atomic mass is 35.5. The van der Waals surface area contributed by atoms with Gasteiger partial charge in [0.25, 0.3) is 0 Å². The van der Waals surface area contributed by atoms with E-state index in [1.54, 1.807) is 31.2 Å². The number of nitrogens with one attached hydrogen (secondary N) is 1. The number of benzene rings is 1. The minimum absolute atomic E-state index is 0.156. The van der Waals surface area contributed by atoms with Crippen molar-refractivity contribution in [1.82, 2.24) is 10.2 Å². The number of aliphatic hydroxyl groups is 1. The van der Waals surface area contributed by atoms with Gasteiger partial charge < -0.3 is 20.1 Å². The Hall–Kier alpha value is -1.46. The zero-order valence-electron chi connectivity index (χ0n) is 13.0. The van der Waals surface area contributed by atoms with E-state index in [1.807, 2.05) is 6.07 Å². The quantitative estimate of drug-likeness (QED) is 0.874. The number of aliphatic hydroxyl groups excluding tert-OH is 1. The minimum Gasteiger partial charge on any atom is -0.496 e. The summed E-state index contributed by atoms with van der Waals surface area (Å²) >= 11 is 5.92. The number of hydrogen-bond acceptors (Lipinski definition) is 3. The van der Waals surface area contributed by atoms with Crippen molar-refractivity contribution in [3.8, 4) is 5.75 Å². The standard InChI is InChI=1S/C16H23ClN2O3/c1-19(10-12-4-3-5-14(12)20)16(21)18-9-11-6-7-13(17)8-15(11)22-2/h6-8,12,14,20H,3-5,9-10H2,1-2H3,(H,18,21). The summed E-state index contributed by atoms with van der Waals surface area (Å²) in [6, 6.07) is 5.17. The second kappa shape index (κ2) is 7.70.